The number of rotatable bonds is 11. The Labute approximate surface area is 212 Å². The average molecular weight is 526 g/mol. The number of nitrogens with one attached hydrogen (secondary N) is 2. The Kier molecular flexibility index (Phi) is 7.63. The standard InChI is InChI=1S/C24H24FN7O4S/c1-2-37(34,35)31-20-8-7-17(13-21(20)36-12-9-16-5-3-4-6-19(16)25)32-24(18(14-29-32)23(26)33)30-22-15-27-10-11-28-22/h3-8,10-11,13-15,31H,2,9,12H2,1H3,(H2,26,33)(H,28,30). The summed E-state index contributed by atoms with van der Waals surface area (Å²) in [5.74, 6) is -0.454. The van der Waals surface area contributed by atoms with Gasteiger partial charge in [-0.25, -0.2) is 22.5 Å². The molecule has 11 nitrogen and oxygen atoms in total. The number of sulfonamides is 1. The van der Waals surface area contributed by atoms with Gasteiger partial charge in [0, 0.05) is 24.9 Å². The van der Waals surface area contributed by atoms with Crippen molar-refractivity contribution in [3.8, 4) is 11.4 Å². The second-order valence-electron chi connectivity index (χ2n) is 7.77. The number of halogens is 1. The first-order chi connectivity index (χ1) is 17.8. The fraction of sp³-hybridized carbons (Fsp3) is 0.167. The van der Waals surface area contributed by atoms with Crippen LogP contribution >= 0.6 is 0 Å². The zero-order chi connectivity index (χ0) is 26.4. The second kappa shape index (κ2) is 11.0. The first kappa shape index (κ1) is 25.6. The molecule has 0 bridgehead atoms. The molecule has 0 aliphatic heterocycles. The summed E-state index contributed by atoms with van der Waals surface area (Å²) in [5.41, 5.74) is 6.72. The Bertz CT molecular complexity index is 1510. The van der Waals surface area contributed by atoms with Crippen molar-refractivity contribution in [2.24, 2.45) is 5.73 Å². The van der Waals surface area contributed by atoms with Gasteiger partial charge in [-0.15, -0.1) is 0 Å². The van der Waals surface area contributed by atoms with E-state index in [0.717, 1.165) is 0 Å². The maximum Gasteiger partial charge on any atom is 0.254 e. The molecule has 0 spiro atoms. The number of ether oxygens (including phenoxy) is 1. The third-order valence-electron chi connectivity index (χ3n) is 5.29. The number of nitrogens with two attached hydrogens (primary N) is 1. The highest BCUT2D eigenvalue weighted by molar-refractivity contribution is 7.92. The molecule has 0 saturated carbocycles. The van der Waals surface area contributed by atoms with Crippen LogP contribution in [-0.4, -0.2) is 46.4 Å². The number of nitrogens with zero attached hydrogens (tertiary/aromatic N) is 4. The maximum atomic E-state index is 14.0. The molecule has 4 aromatic rings. The molecule has 2 aromatic heterocycles. The molecule has 4 rings (SSSR count). The number of anilines is 3. The van der Waals surface area contributed by atoms with E-state index in [-0.39, 0.29) is 47.4 Å². The van der Waals surface area contributed by atoms with Crippen molar-refractivity contribution in [3.63, 3.8) is 0 Å². The lowest BCUT2D eigenvalue weighted by Gasteiger charge is -2.16. The van der Waals surface area contributed by atoms with Gasteiger partial charge in [0.15, 0.2) is 0 Å². The predicted molar refractivity (Wildman–Crippen MR) is 136 cm³/mol. The number of benzene rings is 2. The molecule has 0 radical (unpaired) electrons. The summed E-state index contributed by atoms with van der Waals surface area (Å²) in [5, 5.41) is 7.25. The van der Waals surface area contributed by atoms with Crippen LogP contribution < -0.4 is 20.5 Å². The van der Waals surface area contributed by atoms with E-state index in [1.165, 1.54) is 48.5 Å². The molecule has 192 valence electrons. The third-order valence-corrected chi connectivity index (χ3v) is 6.58. The van der Waals surface area contributed by atoms with E-state index in [9.17, 15) is 17.6 Å². The van der Waals surface area contributed by atoms with E-state index >= 15 is 0 Å². The van der Waals surface area contributed by atoms with Crippen molar-refractivity contribution in [2.45, 2.75) is 13.3 Å². The summed E-state index contributed by atoms with van der Waals surface area (Å²) in [7, 11) is -3.61. The van der Waals surface area contributed by atoms with Crippen LogP contribution in [0.1, 0.15) is 22.8 Å². The Morgan fingerprint density at radius 1 is 1.16 bits per heavy atom. The smallest absolute Gasteiger partial charge is 0.254 e. The van der Waals surface area contributed by atoms with Crippen LogP contribution in [0, 0.1) is 5.82 Å². The fourth-order valence-corrected chi connectivity index (χ4v) is 4.04. The van der Waals surface area contributed by atoms with Gasteiger partial charge in [0.1, 0.15) is 28.8 Å². The Morgan fingerprint density at radius 2 is 1.97 bits per heavy atom. The SMILES string of the molecule is CCS(=O)(=O)Nc1ccc(-n2ncc(C(N)=O)c2Nc2cnccn2)cc1OCCc1ccccc1F. The van der Waals surface area contributed by atoms with Crippen molar-refractivity contribution in [2.75, 3.05) is 22.4 Å². The van der Waals surface area contributed by atoms with E-state index in [1.807, 2.05) is 0 Å². The van der Waals surface area contributed by atoms with Crippen LogP contribution in [0.25, 0.3) is 5.69 Å². The number of aromatic nitrogens is 4. The molecule has 4 N–H and O–H groups in total. The van der Waals surface area contributed by atoms with Crippen molar-refractivity contribution < 1.29 is 22.3 Å². The lowest BCUT2D eigenvalue weighted by atomic mass is 10.1. The summed E-state index contributed by atoms with van der Waals surface area (Å²) >= 11 is 0. The zero-order valence-corrected chi connectivity index (χ0v) is 20.6. The summed E-state index contributed by atoms with van der Waals surface area (Å²) in [6, 6.07) is 11.0. The molecule has 2 aromatic carbocycles. The minimum atomic E-state index is -3.61. The van der Waals surface area contributed by atoms with Gasteiger partial charge in [-0.05, 0) is 30.7 Å². The predicted octanol–water partition coefficient (Wildman–Crippen LogP) is 3.03. The highest BCUT2D eigenvalue weighted by Crippen LogP contribution is 2.31. The van der Waals surface area contributed by atoms with Crippen molar-refractivity contribution in [1.29, 1.82) is 0 Å². The van der Waals surface area contributed by atoms with Crippen molar-refractivity contribution >= 4 is 33.3 Å². The molecule has 37 heavy (non-hydrogen) atoms. The number of hydrogen-bond donors (Lipinski definition) is 3. The fourth-order valence-electron chi connectivity index (χ4n) is 3.39. The van der Waals surface area contributed by atoms with Crippen LogP contribution in [-0.2, 0) is 16.4 Å². The first-order valence-electron chi connectivity index (χ1n) is 11.2. The maximum absolute atomic E-state index is 14.0. The van der Waals surface area contributed by atoms with E-state index < -0.39 is 15.9 Å². The zero-order valence-electron chi connectivity index (χ0n) is 19.8. The summed E-state index contributed by atoms with van der Waals surface area (Å²) in [4.78, 5) is 20.2. The minimum Gasteiger partial charge on any atom is -0.491 e. The van der Waals surface area contributed by atoms with Crippen LogP contribution in [0.4, 0.5) is 21.7 Å². The molecular formula is C24H24FN7O4S. The van der Waals surface area contributed by atoms with E-state index in [2.05, 4.69) is 25.1 Å². The van der Waals surface area contributed by atoms with Gasteiger partial charge in [0.25, 0.3) is 5.91 Å². The van der Waals surface area contributed by atoms with Gasteiger partial charge in [0.2, 0.25) is 10.0 Å². The van der Waals surface area contributed by atoms with Crippen molar-refractivity contribution in [1.82, 2.24) is 19.7 Å². The molecular weight excluding hydrogens is 501 g/mol. The summed E-state index contributed by atoms with van der Waals surface area (Å²) in [6.45, 7) is 1.58. The molecule has 0 unspecified atom stereocenters. The monoisotopic (exact) mass is 525 g/mol. The van der Waals surface area contributed by atoms with Crippen LogP contribution in [0.15, 0.2) is 67.3 Å². The highest BCUT2D eigenvalue weighted by Gasteiger charge is 2.19. The first-order valence-corrected chi connectivity index (χ1v) is 12.8. The van der Waals surface area contributed by atoms with Crippen LogP contribution in [0.2, 0.25) is 0 Å². The second-order valence-corrected chi connectivity index (χ2v) is 9.79. The molecule has 1 amide bonds. The summed E-state index contributed by atoms with van der Waals surface area (Å²) < 4.78 is 48.3. The number of carbonyl (C=O) groups excluding carboxylic acids is 1. The van der Waals surface area contributed by atoms with Crippen LogP contribution in [0.3, 0.4) is 0 Å². The molecule has 13 heteroatoms. The van der Waals surface area contributed by atoms with E-state index in [1.54, 1.807) is 30.3 Å². The Hall–Kier alpha value is -4.52. The largest absolute Gasteiger partial charge is 0.491 e. The van der Waals surface area contributed by atoms with E-state index in [0.29, 0.717) is 17.1 Å². The quantitative estimate of drug-likeness (QED) is 0.270. The topological polar surface area (TPSA) is 154 Å². The number of primary amides is 1. The minimum absolute atomic E-state index is 0.0710. The highest BCUT2D eigenvalue weighted by atomic mass is 32.2. The van der Waals surface area contributed by atoms with Gasteiger partial charge >= 0.3 is 0 Å². The Morgan fingerprint density at radius 3 is 2.68 bits per heavy atom. The number of carbonyl (C=O) groups is 1. The third kappa shape index (κ3) is 6.19. The molecule has 0 aliphatic carbocycles. The van der Waals surface area contributed by atoms with Crippen molar-refractivity contribution in [3.05, 3.63) is 84.2 Å². The van der Waals surface area contributed by atoms with Gasteiger partial charge in [0.05, 0.1) is 36.1 Å². The van der Waals surface area contributed by atoms with Gasteiger partial charge < -0.3 is 15.8 Å². The lowest BCUT2D eigenvalue weighted by Crippen LogP contribution is -2.16. The average Bonchev–Trinajstić information content (AvgIpc) is 3.30. The van der Waals surface area contributed by atoms with E-state index in [4.69, 9.17) is 10.5 Å². The lowest BCUT2D eigenvalue weighted by molar-refractivity contribution is 0.100. The normalized spacial score (nSPS) is 11.2. The Balaban J connectivity index is 1.70. The number of amides is 1. The van der Waals surface area contributed by atoms with Gasteiger partial charge in [-0.2, -0.15) is 5.10 Å². The summed E-state index contributed by atoms with van der Waals surface area (Å²) in [6.07, 6.45) is 5.99. The molecule has 2 heterocycles. The molecule has 0 saturated heterocycles. The molecule has 0 aliphatic rings. The number of hydrogen-bond acceptors (Lipinski definition) is 8. The van der Waals surface area contributed by atoms with Gasteiger partial charge in [-0.3, -0.25) is 14.5 Å². The van der Waals surface area contributed by atoms with Gasteiger partial charge in [-0.1, -0.05) is 18.2 Å². The van der Waals surface area contributed by atoms with Crippen LogP contribution in [0.5, 0.6) is 5.75 Å². The molecule has 0 fully saturated rings. The molecule has 0 atom stereocenters.